The molecule has 2 rings (SSSR count). The van der Waals surface area contributed by atoms with Crippen molar-refractivity contribution in [2.24, 2.45) is 11.8 Å². The Hall–Kier alpha value is -1.87. The Morgan fingerprint density at radius 1 is 1.09 bits per heavy atom. The van der Waals surface area contributed by atoms with E-state index in [0.717, 1.165) is 5.75 Å². The highest BCUT2D eigenvalue weighted by Crippen LogP contribution is 2.30. The van der Waals surface area contributed by atoms with E-state index in [0.29, 0.717) is 25.0 Å². The normalized spacial score (nSPS) is 20.0. The Bertz CT molecular complexity index is 555. The zero-order valence-corrected chi connectivity index (χ0v) is 14.2. The topological polar surface area (TPSA) is 35.5 Å². The van der Waals surface area contributed by atoms with Crippen molar-refractivity contribution in [3.05, 3.63) is 54.1 Å². The molecule has 0 saturated carbocycles. The number of benzene rings is 1. The molecule has 1 aromatic carbocycles. The molecule has 2 unspecified atom stereocenters. The van der Waals surface area contributed by atoms with E-state index in [9.17, 15) is 4.79 Å². The SMILES string of the molecule is CC(C)C(=O)COCCOc1ccc(C2C=CC=CC2C)cc1. The lowest BCUT2D eigenvalue weighted by molar-refractivity contribution is -0.126. The monoisotopic (exact) mass is 314 g/mol. The van der Waals surface area contributed by atoms with Gasteiger partial charge in [0.2, 0.25) is 0 Å². The van der Waals surface area contributed by atoms with Crippen molar-refractivity contribution in [1.29, 1.82) is 0 Å². The summed E-state index contributed by atoms with van der Waals surface area (Å²) in [7, 11) is 0. The second-order valence-electron chi connectivity index (χ2n) is 6.25. The Kier molecular flexibility index (Phi) is 6.60. The van der Waals surface area contributed by atoms with Crippen LogP contribution in [0, 0.1) is 11.8 Å². The zero-order chi connectivity index (χ0) is 16.7. The van der Waals surface area contributed by atoms with E-state index in [1.54, 1.807) is 0 Å². The van der Waals surface area contributed by atoms with E-state index in [1.165, 1.54) is 5.56 Å². The minimum Gasteiger partial charge on any atom is -0.491 e. The van der Waals surface area contributed by atoms with E-state index in [-0.39, 0.29) is 18.3 Å². The van der Waals surface area contributed by atoms with Crippen molar-refractivity contribution >= 4 is 5.78 Å². The van der Waals surface area contributed by atoms with Crippen LogP contribution in [0.25, 0.3) is 0 Å². The molecule has 0 aliphatic heterocycles. The summed E-state index contributed by atoms with van der Waals surface area (Å²) in [5.41, 5.74) is 1.30. The molecule has 2 atom stereocenters. The number of rotatable bonds is 8. The quantitative estimate of drug-likeness (QED) is 0.676. The molecule has 0 spiro atoms. The van der Waals surface area contributed by atoms with Crippen molar-refractivity contribution < 1.29 is 14.3 Å². The highest BCUT2D eigenvalue weighted by molar-refractivity contribution is 5.81. The third kappa shape index (κ3) is 5.36. The highest BCUT2D eigenvalue weighted by Gasteiger charge is 2.15. The molecule has 0 fully saturated rings. The van der Waals surface area contributed by atoms with E-state index in [2.05, 4.69) is 43.4 Å². The Labute approximate surface area is 139 Å². The first kappa shape index (κ1) is 17.5. The summed E-state index contributed by atoms with van der Waals surface area (Å²) < 4.78 is 11.0. The molecule has 124 valence electrons. The number of hydrogen-bond acceptors (Lipinski definition) is 3. The number of carbonyl (C=O) groups is 1. The van der Waals surface area contributed by atoms with Gasteiger partial charge < -0.3 is 9.47 Å². The number of Topliss-reactive ketones (excluding diaryl/α,β-unsaturated/α-hetero) is 1. The lowest BCUT2D eigenvalue weighted by atomic mass is 9.84. The van der Waals surface area contributed by atoms with Crippen LogP contribution in [-0.4, -0.2) is 25.6 Å². The van der Waals surface area contributed by atoms with Crippen LogP contribution in [0.5, 0.6) is 5.75 Å². The van der Waals surface area contributed by atoms with E-state index < -0.39 is 0 Å². The van der Waals surface area contributed by atoms with Gasteiger partial charge in [0.1, 0.15) is 19.0 Å². The van der Waals surface area contributed by atoms with E-state index in [4.69, 9.17) is 9.47 Å². The average Bonchev–Trinajstić information content (AvgIpc) is 2.55. The number of ketones is 1. The fourth-order valence-electron chi connectivity index (χ4n) is 2.48. The maximum atomic E-state index is 11.4. The van der Waals surface area contributed by atoms with Crippen LogP contribution < -0.4 is 4.74 Å². The fraction of sp³-hybridized carbons (Fsp3) is 0.450. The van der Waals surface area contributed by atoms with Gasteiger partial charge in [-0.25, -0.2) is 0 Å². The van der Waals surface area contributed by atoms with Crippen LogP contribution in [-0.2, 0) is 9.53 Å². The summed E-state index contributed by atoms with van der Waals surface area (Å²) in [4.78, 5) is 11.4. The molecule has 0 radical (unpaired) electrons. The van der Waals surface area contributed by atoms with Crippen molar-refractivity contribution in [1.82, 2.24) is 0 Å². The molecule has 0 N–H and O–H groups in total. The molecule has 3 nitrogen and oxygen atoms in total. The molecule has 3 heteroatoms. The predicted molar refractivity (Wildman–Crippen MR) is 92.8 cm³/mol. The Balaban J connectivity index is 1.74. The molecular weight excluding hydrogens is 288 g/mol. The number of hydrogen-bond donors (Lipinski definition) is 0. The predicted octanol–water partition coefficient (Wildman–Crippen LogP) is 4.15. The second-order valence-corrected chi connectivity index (χ2v) is 6.25. The smallest absolute Gasteiger partial charge is 0.160 e. The number of allylic oxidation sites excluding steroid dienone is 4. The van der Waals surface area contributed by atoms with Gasteiger partial charge in [-0.05, 0) is 23.6 Å². The highest BCUT2D eigenvalue weighted by atomic mass is 16.5. The summed E-state index contributed by atoms with van der Waals surface area (Å²) in [6.07, 6.45) is 8.67. The molecule has 0 heterocycles. The van der Waals surface area contributed by atoms with Gasteiger partial charge in [0.05, 0.1) is 6.61 Å². The average molecular weight is 314 g/mol. The van der Waals surface area contributed by atoms with Crippen LogP contribution in [0.4, 0.5) is 0 Å². The summed E-state index contributed by atoms with van der Waals surface area (Å²) in [6, 6.07) is 8.22. The molecule has 0 bridgehead atoms. The summed E-state index contributed by atoms with van der Waals surface area (Å²) >= 11 is 0. The van der Waals surface area contributed by atoms with Gasteiger partial charge in [-0.15, -0.1) is 0 Å². The first-order valence-electron chi connectivity index (χ1n) is 8.26. The maximum absolute atomic E-state index is 11.4. The molecule has 1 aliphatic rings. The van der Waals surface area contributed by atoms with Crippen molar-refractivity contribution in [2.45, 2.75) is 26.7 Å². The van der Waals surface area contributed by atoms with Crippen LogP contribution in [0.3, 0.4) is 0 Å². The lowest BCUT2D eigenvalue weighted by Crippen LogP contribution is -2.17. The largest absolute Gasteiger partial charge is 0.491 e. The van der Waals surface area contributed by atoms with Crippen molar-refractivity contribution in [2.75, 3.05) is 19.8 Å². The van der Waals surface area contributed by atoms with Crippen LogP contribution in [0.1, 0.15) is 32.3 Å². The first-order valence-corrected chi connectivity index (χ1v) is 8.26. The minimum absolute atomic E-state index is 0.0227. The molecule has 23 heavy (non-hydrogen) atoms. The van der Waals surface area contributed by atoms with Gasteiger partial charge in [0.15, 0.2) is 5.78 Å². The van der Waals surface area contributed by atoms with Crippen molar-refractivity contribution in [3.8, 4) is 5.75 Å². The third-order valence-corrected chi connectivity index (χ3v) is 4.06. The van der Waals surface area contributed by atoms with Gasteiger partial charge in [-0.1, -0.05) is 57.2 Å². The third-order valence-electron chi connectivity index (χ3n) is 4.06. The molecular formula is C20H26O3. The van der Waals surface area contributed by atoms with Gasteiger partial charge in [0, 0.05) is 11.8 Å². The number of carbonyl (C=O) groups excluding carboxylic acids is 1. The van der Waals surface area contributed by atoms with Gasteiger partial charge in [-0.2, -0.15) is 0 Å². The lowest BCUT2D eigenvalue weighted by Gasteiger charge is -2.21. The molecule has 1 aliphatic carbocycles. The van der Waals surface area contributed by atoms with E-state index in [1.807, 2.05) is 26.0 Å². The standard InChI is InChI=1S/C20H26O3/c1-15(2)20(21)14-22-12-13-23-18-10-8-17(9-11-18)19-7-5-4-6-16(19)3/h4-11,15-16,19H,12-14H2,1-3H3. The summed E-state index contributed by atoms with van der Waals surface area (Å²) in [5.74, 6) is 1.92. The Morgan fingerprint density at radius 3 is 2.43 bits per heavy atom. The molecule has 1 aromatic rings. The van der Waals surface area contributed by atoms with Crippen LogP contribution >= 0.6 is 0 Å². The van der Waals surface area contributed by atoms with Gasteiger partial charge >= 0.3 is 0 Å². The van der Waals surface area contributed by atoms with Gasteiger partial charge in [0.25, 0.3) is 0 Å². The number of ether oxygens (including phenoxy) is 2. The second kappa shape index (κ2) is 8.68. The fourth-order valence-corrected chi connectivity index (χ4v) is 2.48. The zero-order valence-electron chi connectivity index (χ0n) is 14.2. The molecule has 0 aromatic heterocycles. The minimum atomic E-state index is 0.0227. The first-order chi connectivity index (χ1) is 11.1. The molecule has 0 amide bonds. The van der Waals surface area contributed by atoms with Gasteiger partial charge in [-0.3, -0.25) is 4.79 Å². The van der Waals surface area contributed by atoms with Crippen molar-refractivity contribution in [3.63, 3.8) is 0 Å². The molecule has 0 saturated heterocycles. The Morgan fingerprint density at radius 2 is 1.78 bits per heavy atom. The van der Waals surface area contributed by atoms with Crippen LogP contribution in [0.15, 0.2) is 48.6 Å². The summed E-state index contributed by atoms with van der Waals surface area (Å²) in [6.45, 7) is 7.02. The van der Waals surface area contributed by atoms with E-state index >= 15 is 0 Å². The summed E-state index contributed by atoms with van der Waals surface area (Å²) in [5, 5.41) is 0. The van der Waals surface area contributed by atoms with Crippen LogP contribution in [0.2, 0.25) is 0 Å². The maximum Gasteiger partial charge on any atom is 0.160 e.